The summed E-state index contributed by atoms with van der Waals surface area (Å²) in [5, 5.41) is 16.8. The Bertz CT molecular complexity index is 1090. The summed E-state index contributed by atoms with van der Waals surface area (Å²) in [6.07, 6.45) is 0. The summed E-state index contributed by atoms with van der Waals surface area (Å²) in [7, 11) is -0.445. The molecule has 1 aliphatic heterocycles. The predicted molar refractivity (Wildman–Crippen MR) is 116 cm³/mol. The summed E-state index contributed by atoms with van der Waals surface area (Å²) in [5.74, 6) is 0.136. The van der Waals surface area contributed by atoms with E-state index < -0.39 is 24.4 Å². The third kappa shape index (κ3) is 4.20. The van der Waals surface area contributed by atoms with Gasteiger partial charge in [-0.2, -0.15) is 5.26 Å². The molecule has 1 saturated heterocycles. The number of hydrogen-bond acceptors (Lipinski definition) is 6. The van der Waals surface area contributed by atoms with Crippen molar-refractivity contribution in [2.24, 2.45) is 0 Å². The highest BCUT2D eigenvalue weighted by molar-refractivity contribution is 6.62. The first-order valence-corrected chi connectivity index (χ1v) is 10.0. The molecule has 6 nitrogen and oxygen atoms in total. The molecule has 2 aromatic carbocycles. The number of anilines is 1. The van der Waals surface area contributed by atoms with E-state index in [4.69, 9.17) is 13.8 Å². The van der Waals surface area contributed by atoms with E-state index in [1.807, 2.05) is 52.0 Å². The van der Waals surface area contributed by atoms with Crippen LogP contribution in [0, 0.1) is 17.1 Å². The van der Waals surface area contributed by atoms with Crippen LogP contribution in [-0.4, -0.2) is 23.5 Å². The maximum Gasteiger partial charge on any atom is 0.494 e. The van der Waals surface area contributed by atoms with Gasteiger partial charge in [0, 0.05) is 17.3 Å². The average Bonchev–Trinajstić information content (AvgIpc) is 3.29. The van der Waals surface area contributed by atoms with Crippen LogP contribution in [0.4, 0.5) is 10.1 Å². The SMILES string of the molecule is CC1(C)OB(c2ccc(NC(C#N)c3cc(-c4ccc(F)cc4)on3)cc2)OC1(C)C. The quantitative estimate of drug-likeness (QED) is 0.616. The van der Waals surface area contributed by atoms with Crippen LogP contribution in [0.2, 0.25) is 0 Å². The standard InChI is InChI=1S/C23H23BFN3O3/c1-22(2)23(3,4)31-24(30-22)16-7-11-18(12-8-16)27-20(14-26)19-13-21(29-28-19)15-5-9-17(25)10-6-15/h5-13,20,27H,1-4H3. The topological polar surface area (TPSA) is 80.3 Å². The molecular weight excluding hydrogens is 396 g/mol. The Kier molecular flexibility index (Phi) is 5.34. The van der Waals surface area contributed by atoms with Crippen molar-refractivity contribution in [1.29, 1.82) is 5.26 Å². The number of benzene rings is 2. The van der Waals surface area contributed by atoms with Crippen molar-refractivity contribution in [3.8, 4) is 17.4 Å². The molecule has 158 valence electrons. The van der Waals surface area contributed by atoms with Crippen LogP contribution in [0.15, 0.2) is 59.1 Å². The van der Waals surface area contributed by atoms with Crippen LogP contribution in [-0.2, 0) is 9.31 Å². The molecule has 0 radical (unpaired) electrons. The minimum Gasteiger partial charge on any atom is -0.399 e. The summed E-state index contributed by atoms with van der Waals surface area (Å²) in [5.41, 5.74) is 1.96. The van der Waals surface area contributed by atoms with Crippen LogP contribution < -0.4 is 10.8 Å². The Morgan fingerprint density at radius 3 is 2.19 bits per heavy atom. The summed E-state index contributed by atoms with van der Waals surface area (Å²) in [4.78, 5) is 0. The van der Waals surface area contributed by atoms with E-state index in [0.29, 0.717) is 17.0 Å². The lowest BCUT2D eigenvalue weighted by molar-refractivity contribution is 0.00578. The Hall–Kier alpha value is -3.15. The zero-order chi connectivity index (χ0) is 22.2. The number of nitriles is 1. The molecule has 1 N–H and O–H groups in total. The van der Waals surface area contributed by atoms with Crippen molar-refractivity contribution in [2.45, 2.75) is 44.9 Å². The Labute approximate surface area is 181 Å². The van der Waals surface area contributed by atoms with Gasteiger partial charge in [-0.1, -0.05) is 17.3 Å². The number of nitrogens with zero attached hydrogens (tertiary/aromatic N) is 2. The van der Waals surface area contributed by atoms with E-state index in [-0.39, 0.29) is 5.82 Å². The highest BCUT2D eigenvalue weighted by atomic mass is 19.1. The van der Waals surface area contributed by atoms with E-state index in [0.717, 1.165) is 11.2 Å². The van der Waals surface area contributed by atoms with Gasteiger partial charge in [0.25, 0.3) is 0 Å². The van der Waals surface area contributed by atoms with Crippen LogP contribution in [0.25, 0.3) is 11.3 Å². The normalized spacial score (nSPS) is 17.9. The molecule has 0 bridgehead atoms. The number of aromatic nitrogens is 1. The highest BCUT2D eigenvalue weighted by Crippen LogP contribution is 2.36. The molecule has 0 amide bonds. The molecular formula is C23H23BFN3O3. The summed E-state index contributed by atoms with van der Waals surface area (Å²) in [6, 6.07) is 16.6. The molecule has 0 aliphatic carbocycles. The number of hydrogen-bond donors (Lipinski definition) is 1. The zero-order valence-corrected chi connectivity index (χ0v) is 17.8. The highest BCUT2D eigenvalue weighted by Gasteiger charge is 2.51. The molecule has 1 atom stereocenters. The van der Waals surface area contributed by atoms with Gasteiger partial charge in [-0.25, -0.2) is 4.39 Å². The largest absolute Gasteiger partial charge is 0.494 e. The second kappa shape index (κ2) is 7.84. The number of rotatable bonds is 5. The van der Waals surface area contributed by atoms with Gasteiger partial charge in [0.15, 0.2) is 11.8 Å². The first-order valence-electron chi connectivity index (χ1n) is 10.0. The molecule has 1 unspecified atom stereocenters. The molecule has 2 heterocycles. The number of nitrogens with one attached hydrogen (secondary N) is 1. The minimum absolute atomic E-state index is 0.330. The lowest BCUT2D eigenvalue weighted by Crippen LogP contribution is -2.41. The lowest BCUT2D eigenvalue weighted by Gasteiger charge is -2.32. The summed E-state index contributed by atoms with van der Waals surface area (Å²) < 4.78 is 30.6. The lowest BCUT2D eigenvalue weighted by atomic mass is 9.79. The Morgan fingerprint density at radius 2 is 1.61 bits per heavy atom. The minimum atomic E-state index is -0.708. The molecule has 8 heteroatoms. The van der Waals surface area contributed by atoms with E-state index in [9.17, 15) is 9.65 Å². The smallest absolute Gasteiger partial charge is 0.399 e. The van der Waals surface area contributed by atoms with Crippen molar-refractivity contribution in [3.63, 3.8) is 0 Å². The molecule has 0 spiro atoms. The van der Waals surface area contributed by atoms with Crippen molar-refractivity contribution in [3.05, 3.63) is 66.1 Å². The summed E-state index contributed by atoms with van der Waals surface area (Å²) in [6.45, 7) is 8.05. The van der Waals surface area contributed by atoms with Gasteiger partial charge in [0.1, 0.15) is 11.5 Å². The zero-order valence-electron chi connectivity index (χ0n) is 17.8. The molecule has 1 aliphatic rings. The fraction of sp³-hybridized carbons (Fsp3) is 0.304. The van der Waals surface area contributed by atoms with Crippen LogP contribution in [0.1, 0.15) is 39.4 Å². The Balaban J connectivity index is 1.46. The monoisotopic (exact) mass is 419 g/mol. The van der Waals surface area contributed by atoms with E-state index in [2.05, 4.69) is 16.5 Å². The summed E-state index contributed by atoms with van der Waals surface area (Å²) >= 11 is 0. The van der Waals surface area contributed by atoms with Gasteiger partial charge in [-0.15, -0.1) is 0 Å². The van der Waals surface area contributed by atoms with Crippen molar-refractivity contribution < 1.29 is 18.2 Å². The van der Waals surface area contributed by atoms with Crippen molar-refractivity contribution >= 4 is 18.3 Å². The molecule has 31 heavy (non-hydrogen) atoms. The van der Waals surface area contributed by atoms with Gasteiger partial charge < -0.3 is 19.1 Å². The average molecular weight is 419 g/mol. The first-order chi connectivity index (χ1) is 14.7. The second-order valence-electron chi connectivity index (χ2n) is 8.54. The fourth-order valence-corrected chi connectivity index (χ4v) is 3.23. The van der Waals surface area contributed by atoms with Crippen LogP contribution in [0.3, 0.4) is 0 Å². The first kappa shape index (κ1) is 21.1. The van der Waals surface area contributed by atoms with E-state index >= 15 is 0 Å². The van der Waals surface area contributed by atoms with Crippen LogP contribution >= 0.6 is 0 Å². The van der Waals surface area contributed by atoms with Crippen LogP contribution in [0.5, 0.6) is 0 Å². The van der Waals surface area contributed by atoms with Gasteiger partial charge in [-0.3, -0.25) is 0 Å². The van der Waals surface area contributed by atoms with Gasteiger partial charge in [0.2, 0.25) is 0 Å². The number of halogens is 1. The van der Waals surface area contributed by atoms with Gasteiger partial charge in [0.05, 0.1) is 17.3 Å². The van der Waals surface area contributed by atoms with E-state index in [1.165, 1.54) is 12.1 Å². The third-order valence-electron chi connectivity index (χ3n) is 5.83. The molecule has 1 aromatic heterocycles. The third-order valence-corrected chi connectivity index (χ3v) is 5.83. The Morgan fingerprint density at radius 1 is 1.00 bits per heavy atom. The molecule has 3 aromatic rings. The second-order valence-corrected chi connectivity index (χ2v) is 8.54. The molecule has 0 saturated carbocycles. The maximum atomic E-state index is 13.1. The van der Waals surface area contributed by atoms with E-state index in [1.54, 1.807) is 18.2 Å². The molecule has 1 fully saturated rings. The maximum absolute atomic E-state index is 13.1. The molecule has 4 rings (SSSR count). The van der Waals surface area contributed by atoms with Crippen molar-refractivity contribution in [1.82, 2.24) is 5.16 Å². The predicted octanol–water partition coefficient (Wildman–Crippen LogP) is 4.46. The van der Waals surface area contributed by atoms with Crippen molar-refractivity contribution in [2.75, 3.05) is 5.32 Å². The van der Waals surface area contributed by atoms with Gasteiger partial charge in [-0.05, 0) is 69.6 Å². The fourth-order valence-electron chi connectivity index (χ4n) is 3.23. The van der Waals surface area contributed by atoms with Gasteiger partial charge >= 0.3 is 7.12 Å².